The van der Waals surface area contributed by atoms with Crippen molar-refractivity contribution in [3.8, 4) is 0 Å². The molecule has 0 spiro atoms. The highest BCUT2D eigenvalue weighted by Crippen LogP contribution is 2.25. The molecule has 0 aromatic heterocycles. The van der Waals surface area contributed by atoms with E-state index in [1.807, 2.05) is 27.7 Å². The van der Waals surface area contributed by atoms with Gasteiger partial charge in [-0.15, -0.1) is 0 Å². The summed E-state index contributed by atoms with van der Waals surface area (Å²) in [5, 5.41) is 0. The smallest absolute Gasteiger partial charge is 0.345 e. The fraction of sp³-hybridized carbons (Fsp3) is 0.714. The number of hydrogen-bond donors (Lipinski definition) is 0. The van der Waals surface area contributed by atoms with Crippen molar-refractivity contribution in [2.45, 2.75) is 41.5 Å². The summed E-state index contributed by atoms with van der Waals surface area (Å²) in [6.45, 7) is 11.7. The molecule has 0 aromatic rings. The van der Waals surface area contributed by atoms with E-state index in [-0.39, 0.29) is 30.6 Å². The van der Waals surface area contributed by atoms with Gasteiger partial charge in [0.05, 0.1) is 13.2 Å². The summed E-state index contributed by atoms with van der Waals surface area (Å²) in [5.74, 6) is -0.996. The minimum Gasteiger partial charge on any atom is -0.462 e. The van der Waals surface area contributed by atoms with Crippen molar-refractivity contribution in [1.29, 1.82) is 0 Å². The van der Waals surface area contributed by atoms with Crippen molar-refractivity contribution in [3.05, 3.63) is 11.1 Å². The van der Waals surface area contributed by atoms with E-state index in [1.165, 1.54) is 0 Å². The minimum absolute atomic E-state index is 0.0590. The predicted molar refractivity (Wildman–Crippen MR) is 70.0 cm³/mol. The molecule has 0 aromatic carbocycles. The number of carbonyl (C=O) groups excluding carboxylic acids is 2. The molecule has 18 heavy (non-hydrogen) atoms. The first-order chi connectivity index (χ1) is 8.36. The first kappa shape index (κ1) is 16.7. The second kappa shape index (κ2) is 7.90. The molecule has 0 aliphatic heterocycles. The molecule has 4 heteroatoms. The van der Waals surface area contributed by atoms with Gasteiger partial charge in [-0.2, -0.15) is 0 Å². The van der Waals surface area contributed by atoms with E-state index in [1.54, 1.807) is 13.8 Å². The van der Waals surface area contributed by atoms with Crippen LogP contribution in [-0.4, -0.2) is 25.2 Å². The second-order valence-electron chi connectivity index (χ2n) is 4.58. The van der Waals surface area contributed by atoms with Crippen LogP contribution in [0.25, 0.3) is 0 Å². The Bertz CT molecular complexity index is 297. The van der Waals surface area contributed by atoms with Gasteiger partial charge in [-0.05, 0) is 31.3 Å². The Balaban J connectivity index is 5.60. The average Bonchev–Trinajstić information content (AvgIpc) is 2.24. The van der Waals surface area contributed by atoms with E-state index in [0.717, 1.165) is 5.57 Å². The lowest BCUT2D eigenvalue weighted by Gasteiger charge is -2.19. The SMILES string of the molecule is CCOC(=O)C(C(=O)OCC)=C(C(C)C)C(C)C. The summed E-state index contributed by atoms with van der Waals surface area (Å²) >= 11 is 0. The lowest BCUT2D eigenvalue weighted by Crippen LogP contribution is -2.23. The molecule has 0 aliphatic rings. The summed E-state index contributed by atoms with van der Waals surface area (Å²) in [6, 6.07) is 0. The fourth-order valence-electron chi connectivity index (χ4n) is 1.97. The number of carbonyl (C=O) groups is 2. The van der Waals surface area contributed by atoms with E-state index in [2.05, 4.69) is 0 Å². The first-order valence-electron chi connectivity index (χ1n) is 6.44. The number of esters is 2. The molecule has 0 aliphatic carbocycles. The highest BCUT2D eigenvalue weighted by Gasteiger charge is 2.28. The maximum absolute atomic E-state index is 11.9. The molecule has 0 amide bonds. The lowest BCUT2D eigenvalue weighted by molar-refractivity contribution is -0.146. The number of hydrogen-bond acceptors (Lipinski definition) is 4. The highest BCUT2D eigenvalue weighted by atomic mass is 16.6. The summed E-state index contributed by atoms with van der Waals surface area (Å²) < 4.78 is 9.91. The van der Waals surface area contributed by atoms with Crippen molar-refractivity contribution < 1.29 is 19.1 Å². The van der Waals surface area contributed by atoms with Crippen LogP contribution in [0.5, 0.6) is 0 Å². The van der Waals surface area contributed by atoms with Gasteiger partial charge in [0.1, 0.15) is 5.57 Å². The van der Waals surface area contributed by atoms with E-state index in [4.69, 9.17) is 9.47 Å². The van der Waals surface area contributed by atoms with Gasteiger partial charge in [0, 0.05) is 0 Å². The molecule has 0 heterocycles. The normalized spacial score (nSPS) is 10.4. The van der Waals surface area contributed by atoms with Gasteiger partial charge in [0.25, 0.3) is 0 Å². The summed E-state index contributed by atoms with van der Waals surface area (Å²) in [4.78, 5) is 23.9. The summed E-state index contributed by atoms with van der Waals surface area (Å²) in [5.41, 5.74) is 0.843. The van der Waals surface area contributed by atoms with Gasteiger partial charge in [-0.1, -0.05) is 27.7 Å². The van der Waals surface area contributed by atoms with Crippen molar-refractivity contribution in [3.63, 3.8) is 0 Å². The number of allylic oxidation sites excluding steroid dienone is 1. The summed E-state index contributed by atoms with van der Waals surface area (Å²) in [7, 11) is 0. The largest absolute Gasteiger partial charge is 0.462 e. The van der Waals surface area contributed by atoms with E-state index < -0.39 is 11.9 Å². The van der Waals surface area contributed by atoms with Crippen molar-refractivity contribution in [1.82, 2.24) is 0 Å². The van der Waals surface area contributed by atoms with Crippen LogP contribution < -0.4 is 0 Å². The molecule has 0 unspecified atom stereocenters. The molecule has 0 N–H and O–H groups in total. The zero-order valence-electron chi connectivity index (χ0n) is 12.2. The van der Waals surface area contributed by atoms with Crippen LogP contribution in [0, 0.1) is 11.8 Å². The molecule has 0 rings (SSSR count). The van der Waals surface area contributed by atoms with Gasteiger partial charge in [0.2, 0.25) is 0 Å². The first-order valence-corrected chi connectivity index (χ1v) is 6.44. The van der Waals surface area contributed by atoms with Gasteiger partial charge in [-0.25, -0.2) is 9.59 Å². The van der Waals surface area contributed by atoms with Crippen LogP contribution >= 0.6 is 0 Å². The van der Waals surface area contributed by atoms with Gasteiger partial charge in [-0.3, -0.25) is 0 Å². The Morgan fingerprint density at radius 1 is 0.833 bits per heavy atom. The van der Waals surface area contributed by atoms with Gasteiger partial charge < -0.3 is 9.47 Å². The molecular weight excluding hydrogens is 232 g/mol. The van der Waals surface area contributed by atoms with Crippen LogP contribution in [0.4, 0.5) is 0 Å². The number of ether oxygens (including phenoxy) is 2. The third kappa shape index (κ3) is 4.51. The maximum Gasteiger partial charge on any atom is 0.345 e. The minimum atomic E-state index is -0.589. The molecule has 0 saturated carbocycles. The zero-order chi connectivity index (χ0) is 14.3. The van der Waals surface area contributed by atoms with E-state index in [9.17, 15) is 9.59 Å². The fourth-order valence-corrected chi connectivity index (χ4v) is 1.97. The van der Waals surface area contributed by atoms with Gasteiger partial charge in [0.15, 0.2) is 0 Å². The maximum atomic E-state index is 11.9. The Labute approximate surface area is 109 Å². The molecule has 0 fully saturated rings. The quantitative estimate of drug-likeness (QED) is 0.317. The molecular formula is C14H24O4. The van der Waals surface area contributed by atoms with E-state index in [0.29, 0.717) is 0 Å². The third-order valence-electron chi connectivity index (χ3n) is 2.49. The average molecular weight is 256 g/mol. The van der Waals surface area contributed by atoms with Crippen LogP contribution in [0.3, 0.4) is 0 Å². The topological polar surface area (TPSA) is 52.6 Å². The van der Waals surface area contributed by atoms with Crippen molar-refractivity contribution >= 4 is 11.9 Å². The molecule has 0 bridgehead atoms. The zero-order valence-corrected chi connectivity index (χ0v) is 12.2. The molecule has 0 atom stereocenters. The third-order valence-corrected chi connectivity index (χ3v) is 2.49. The molecule has 4 nitrogen and oxygen atoms in total. The molecule has 0 radical (unpaired) electrons. The standard InChI is InChI=1S/C14H24O4/c1-7-17-13(15)12(14(16)18-8-2)11(9(3)4)10(5)6/h9-10H,7-8H2,1-6H3. The monoisotopic (exact) mass is 256 g/mol. The van der Waals surface area contributed by atoms with E-state index >= 15 is 0 Å². The van der Waals surface area contributed by atoms with Crippen LogP contribution in [0.1, 0.15) is 41.5 Å². The summed E-state index contributed by atoms with van der Waals surface area (Å²) in [6.07, 6.45) is 0. The van der Waals surface area contributed by atoms with Crippen molar-refractivity contribution in [2.24, 2.45) is 11.8 Å². The predicted octanol–water partition coefficient (Wildman–Crippen LogP) is 2.72. The van der Waals surface area contributed by atoms with Crippen LogP contribution in [0.2, 0.25) is 0 Å². The Morgan fingerprint density at radius 3 is 1.39 bits per heavy atom. The molecule has 104 valence electrons. The van der Waals surface area contributed by atoms with Crippen molar-refractivity contribution in [2.75, 3.05) is 13.2 Å². The van der Waals surface area contributed by atoms with Gasteiger partial charge >= 0.3 is 11.9 Å². The highest BCUT2D eigenvalue weighted by molar-refractivity contribution is 6.14. The number of rotatable bonds is 6. The Morgan fingerprint density at radius 2 is 1.17 bits per heavy atom. The Kier molecular flexibility index (Phi) is 7.32. The van der Waals surface area contributed by atoms with Crippen LogP contribution in [-0.2, 0) is 19.1 Å². The Hall–Kier alpha value is -1.32. The molecule has 0 saturated heterocycles. The van der Waals surface area contributed by atoms with Crippen LogP contribution in [0.15, 0.2) is 11.1 Å². The second-order valence-corrected chi connectivity index (χ2v) is 4.58. The lowest BCUT2D eigenvalue weighted by atomic mass is 9.88.